The second-order valence-electron chi connectivity index (χ2n) is 6.60. The Bertz CT molecular complexity index is 532. The van der Waals surface area contributed by atoms with Crippen molar-refractivity contribution in [3.63, 3.8) is 0 Å². The van der Waals surface area contributed by atoms with E-state index in [0.29, 0.717) is 12.6 Å². The maximum absolute atomic E-state index is 11.5. The van der Waals surface area contributed by atoms with Gasteiger partial charge < -0.3 is 19.1 Å². The molecule has 0 aromatic heterocycles. The molecule has 132 valence electrons. The molecule has 0 N–H and O–H groups in total. The van der Waals surface area contributed by atoms with Gasteiger partial charge in [-0.15, -0.1) is 0 Å². The highest BCUT2D eigenvalue weighted by Crippen LogP contribution is 2.29. The van der Waals surface area contributed by atoms with E-state index in [1.54, 1.807) is 0 Å². The summed E-state index contributed by atoms with van der Waals surface area (Å²) in [5.41, 5.74) is -5.14. The van der Waals surface area contributed by atoms with Crippen LogP contribution in [-0.2, 0) is 19.1 Å². The number of carbonyl (C=O) groups excluding carboxylic acids is 2. The van der Waals surface area contributed by atoms with Crippen LogP contribution in [0, 0.1) is 22.7 Å². The quantitative estimate of drug-likeness (QED) is 0.443. The number of rotatable bonds is 10. The van der Waals surface area contributed by atoms with Crippen molar-refractivity contribution in [3.8, 4) is 12.1 Å². The van der Waals surface area contributed by atoms with Gasteiger partial charge in [0, 0.05) is 27.1 Å². The van der Waals surface area contributed by atoms with Crippen LogP contribution in [0.2, 0.25) is 0 Å². The van der Waals surface area contributed by atoms with Crippen molar-refractivity contribution in [2.75, 3.05) is 14.2 Å². The topological polar surface area (TPSA) is 125 Å². The van der Waals surface area contributed by atoms with E-state index in [1.165, 1.54) is 41.9 Å². The van der Waals surface area contributed by atoms with E-state index in [4.69, 9.17) is 20.0 Å². The zero-order valence-electron chi connectivity index (χ0n) is 15.0. The van der Waals surface area contributed by atoms with Gasteiger partial charge in [0.1, 0.15) is 23.7 Å². The fourth-order valence-electron chi connectivity index (χ4n) is 2.11. The molecule has 0 saturated carbocycles. The molecule has 0 aliphatic rings. The number of azo groups is 1. The van der Waals surface area contributed by atoms with Crippen LogP contribution in [0.25, 0.3) is 0 Å². The van der Waals surface area contributed by atoms with Gasteiger partial charge in [0.25, 0.3) is 0 Å². The number of methoxy groups -OCH3 is 2. The van der Waals surface area contributed by atoms with Crippen molar-refractivity contribution < 1.29 is 19.1 Å². The molecule has 0 amide bonds. The molecular formula is C16H24N4O4. The third-order valence-corrected chi connectivity index (χ3v) is 3.78. The SMILES string of the molecule is COC(C)(C#N)CC(C)(C=O)N=NC(C)(C=O)CC(C)(C#N)OC. The number of nitriles is 2. The van der Waals surface area contributed by atoms with Crippen LogP contribution in [0.15, 0.2) is 10.2 Å². The molecule has 0 aromatic carbocycles. The summed E-state index contributed by atoms with van der Waals surface area (Å²) in [5, 5.41) is 26.3. The summed E-state index contributed by atoms with van der Waals surface area (Å²) in [6, 6.07) is 3.94. The monoisotopic (exact) mass is 336 g/mol. The Labute approximate surface area is 142 Å². The molecule has 4 unspecified atom stereocenters. The van der Waals surface area contributed by atoms with Gasteiger partial charge in [-0.25, -0.2) is 0 Å². The highest BCUT2D eigenvalue weighted by molar-refractivity contribution is 5.65. The molecule has 0 aromatic rings. The zero-order chi connectivity index (χ0) is 19.1. The minimum Gasteiger partial charge on any atom is -0.364 e. The lowest BCUT2D eigenvalue weighted by atomic mass is 9.88. The van der Waals surface area contributed by atoms with Crippen LogP contribution in [0.1, 0.15) is 40.5 Å². The number of hydrogen-bond acceptors (Lipinski definition) is 8. The molecule has 8 nitrogen and oxygen atoms in total. The van der Waals surface area contributed by atoms with Crippen LogP contribution < -0.4 is 0 Å². The van der Waals surface area contributed by atoms with Gasteiger partial charge in [-0.1, -0.05) is 0 Å². The van der Waals surface area contributed by atoms with E-state index >= 15 is 0 Å². The standard InChI is InChI=1S/C16H24N4O4/c1-13(11-21,7-15(3,9-17)23-5)19-20-14(2,12-22)8-16(4,10-18)24-6/h11-12H,7-8H2,1-6H3. The number of carbonyl (C=O) groups is 2. The first-order valence-corrected chi connectivity index (χ1v) is 7.28. The maximum atomic E-state index is 11.5. The Kier molecular flexibility index (Phi) is 7.36. The summed E-state index contributed by atoms with van der Waals surface area (Å²) in [6.45, 7) is 6.04. The van der Waals surface area contributed by atoms with Crippen molar-refractivity contribution in [3.05, 3.63) is 0 Å². The summed E-state index contributed by atoms with van der Waals surface area (Å²) < 4.78 is 10.2. The summed E-state index contributed by atoms with van der Waals surface area (Å²) in [5.74, 6) is 0. The minimum absolute atomic E-state index is 0.0330. The molecule has 0 saturated heterocycles. The average Bonchev–Trinajstić information content (AvgIpc) is 2.59. The Morgan fingerprint density at radius 1 is 0.833 bits per heavy atom. The lowest BCUT2D eigenvalue weighted by Crippen LogP contribution is -2.40. The number of aldehydes is 2. The predicted octanol–water partition coefficient (Wildman–Crippen LogP) is 1.99. The highest BCUT2D eigenvalue weighted by atomic mass is 16.5. The fourth-order valence-corrected chi connectivity index (χ4v) is 2.11. The van der Waals surface area contributed by atoms with E-state index in [9.17, 15) is 9.59 Å². The summed E-state index contributed by atoms with van der Waals surface area (Å²) in [7, 11) is 2.72. The van der Waals surface area contributed by atoms with E-state index in [0.717, 1.165) is 0 Å². The van der Waals surface area contributed by atoms with Gasteiger partial charge in [-0.2, -0.15) is 20.8 Å². The first-order chi connectivity index (χ1) is 11.0. The summed E-state index contributed by atoms with van der Waals surface area (Å²) in [6.07, 6.45) is 1.04. The van der Waals surface area contributed by atoms with E-state index in [1.807, 2.05) is 12.1 Å². The first-order valence-electron chi connectivity index (χ1n) is 7.28. The van der Waals surface area contributed by atoms with Crippen molar-refractivity contribution in [1.29, 1.82) is 10.5 Å². The molecule has 4 atom stereocenters. The minimum atomic E-state index is -1.35. The Balaban J connectivity index is 5.56. The molecule has 0 rings (SSSR count). The summed E-state index contributed by atoms with van der Waals surface area (Å²) in [4.78, 5) is 22.9. The largest absolute Gasteiger partial charge is 0.364 e. The van der Waals surface area contributed by atoms with Crippen LogP contribution in [-0.4, -0.2) is 49.1 Å². The van der Waals surface area contributed by atoms with Crippen molar-refractivity contribution in [2.45, 2.75) is 62.8 Å². The molecule has 0 aliphatic heterocycles. The van der Waals surface area contributed by atoms with Crippen molar-refractivity contribution in [2.24, 2.45) is 10.2 Å². The third kappa shape index (κ3) is 5.80. The van der Waals surface area contributed by atoms with E-state index < -0.39 is 22.3 Å². The second kappa shape index (κ2) is 8.09. The Morgan fingerprint density at radius 3 is 1.29 bits per heavy atom. The molecular weight excluding hydrogens is 312 g/mol. The number of hydrogen-bond donors (Lipinski definition) is 0. The average molecular weight is 336 g/mol. The molecule has 0 heterocycles. The first kappa shape index (κ1) is 21.8. The maximum Gasteiger partial charge on any atom is 0.153 e. The van der Waals surface area contributed by atoms with Crippen LogP contribution in [0.5, 0.6) is 0 Å². The number of ether oxygens (including phenoxy) is 2. The lowest BCUT2D eigenvalue weighted by Gasteiger charge is -2.30. The van der Waals surface area contributed by atoms with Gasteiger partial charge in [-0.3, -0.25) is 0 Å². The van der Waals surface area contributed by atoms with Crippen molar-refractivity contribution in [1.82, 2.24) is 0 Å². The fraction of sp³-hybridized carbons (Fsp3) is 0.750. The van der Waals surface area contributed by atoms with E-state index in [2.05, 4.69) is 10.2 Å². The second-order valence-corrected chi connectivity index (χ2v) is 6.60. The molecule has 24 heavy (non-hydrogen) atoms. The Morgan fingerprint density at radius 2 is 1.12 bits per heavy atom. The van der Waals surface area contributed by atoms with Gasteiger partial charge in [0.2, 0.25) is 0 Å². The van der Waals surface area contributed by atoms with Crippen molar-refractivity contribution >= 4 is 12.6 Å². The van der Waals surface area contributed by atoms with Gasteiger partial charge in [0.05, 0.1) is 12.1 Å². The highest BCUT2D eigenvalue weighted by Gasteiger charge is 2.39. The molecule has 0 spiro atoms. The van der Waals surface area contributed by atoms with Crippen LogP contribution in [0.3, 0.4) is 0 Å². The normalized spacial score (nSPS) is 21.3. The van der Waals surface area contributed by atoms with Crippen LogP contribution >= 0.6 is 0 Å². The number of nitrogens with zero attached hydrogens (tertiary/aromatic N) is 4. The molecule has 8 heteroatoms. The predicted molar refractivity (Wildman–Crippen MR) is 85.1 cm³/mol. The zero-order valence-corrected chi connectivity index (χ0v) is 15.0. The Hall–Kier alpha value is -2.16. The van der Waals surface area contributed by atoms with Gasteiger partial charge in [-0.05, 0) is 27.7 Å². The molecule has 0 aliphatic carbocycles. The van der Waals surface area contributed by atoms with Gasteiger partial charge in [0.15, 0.2) is 11.2 Å². The molecule has 0 fully saturated rings. The molecule has 0 bridgehead atoms. The lowest BCUT2D eigenvalue weighted by molar-refractivity contribution is -0.115. The smallest absolute Gasteiger partial charge is 0.153 e. The van der Waals surface area contributed by atoms with E-state index in [-0.39, 0.29) is 12.8 Å². The third-order valence-electron chi connectivity index (χ3n) is 3.78. The van der Waals surface area contributed by atoms with Gasteiger partial charge >= 0.3 is 0 Å². The summed E-state index contributed by atoms with van der Waals surface area (Å²) >= 11 is 0. The van der Waals surface area contributed by atoms with Crippen LogP contribution in [0.4, 0.5) is 0 Å². The molecule has 0 radical (unpaired) electrons.